The Kier molecular flexibility index (Phi) is 4.35. The van der Waals surface area contributed by atoms with Gasteiger partial charge in [0.05, 0.1) is 5.56 Å². The van der Waals surface area contributed by atoms with Crippen molar-refractivity contribution in [2.45, 2.75) is 19.8 Å². The van der Waals surface area contributed by atoms with Crippen LogP contribution in [0.4, 0.5) is 4.39 Å². The maximum absolute atomic E-state index is 13.5. The Hall–Kier alpha value is -3.22. The number of carbonyl (C=O) groups excluding carboxylic acids is 2. The van der Waals surface area contributed by atoms with Gasteiger partial charge in [0.1, 0.15) is 23.0 Å². The molecule has 4 rings (SSSR count). The van der Waals surface area contributed by atoms with Crippen LogP contribution in [0.3, 0.4) is 0 Å². The van der Waals surface area contributed by atoms with E-state index in [1.54, 1.807) is 19.1 Å². The molecule has 1 amide bonds. The maximum atomic E-state index is 13.5. The molecule has 1 aliphatic rings. The van der Waals surface area contributed by atoms with Crippen molar-refractivity contribution in [3.8, 4) is 11.3 Å². The first-order chi connectivity index (χ1) is 13.0. The zero-order valence-corrected chi connectivity index (χ0v) is 14.7. The predicted octanol–water partition coefficient (Wildman–Crippen LogP) is 3.49. The van der Waals surface area contributed by atoms with E-state index in [2.05, 4.69) is 15.5 Å². The lowest BCUT2D eigenvalue weighted by Gasteiger charge is -2.02. The molecular formula is C20H18FN3O3. The minimum atomic E-state index is -0.428. The Morgan fingerprint density at radius 1 is 1.33 bits per heavy atom. The molecule has 0 unspecified atom stereocenters. The lowest BCUT2D eigenvalue weighted by molar-refractivity contribution is 0.0947. The van der Waals surface area contributed by atoms with Crippen molar-refractivity contribution < 1.29 is 18.5 Å². The number of carbonyl (C=O) groups is 2. The van der Waals surface area contributed by atoms with Crippen LogP contribution >= 0.6 is 0 Å². The number of benzene rings is 1. The molecule has 2 heterocycles. The highest BCUT2D eigenvalue weighted by atomic mass is 19.1. The summed E-state index contributed by atoms with van der Waals surface area (Å²) >= 11 is 0. The van der Waals surface area contributed by atoms with Gasteiger partial charge in [0.25, 0.3) is 5.91 Å². The normalized spacial score (nSPS) is 13.6. The summed E-state index contributed by atoms with van der Waals surface area (Å²) in [6.45, 7) is 2.27. The molecule has 1 aliphatic carbocycles. The molecule has 0 bridgehead atoms. The van der Waals surface area contributed by atoms with Gasteiger partial charge >= 0.3 is 0 Å². The fourth-order valence-electron chi connectivity index (χ4n) is 2.93. The van der Waals surface area contributed by atoms with Crippen LogP contribution < -0.4 is 5.32 Å². The number of aromatic amines is 1. The van der Waals surface area contributed by atoms with Crippen LogP contribution in [0.5, 0.6) is 0 Å². The highest BCUT2D eigenvalue weighted by Gasteiger charge is 2.25. The summed E-state index contributed by atoms with van der Waals surface area (Å²) in [5.74, 6) is -0.111. The van der Waals surface area contributed by atoms with Crippen molar-refractivity contribution in [3.63, 3.8) is 0 Å². The monoisotopic (exact) mass is 367 g/mol. The molecule has 0 radical (unpaired) electrons. The van der Waals surface area contributed by atoms with Crippen LogP contribution in [0.15, 0.2) is 41.1 Å². The minimum absolute atomic E-state index is 0.242. The fourth-order valence-corrected chi connectivity index (χ4v) is 2.93. The van der Waals surface area contributed by atoms with Gasteiger partial charge in [-0.1, -0.05) is 17.3 Å². The Labute approximate surface area is 154 Å². The summed E-state index contributed by atoms with van der Waals surface area (Å²) in [6, 6.07) is 7.32. The van der Waals surface area contributed by atoms with E-state index in [1.165, 1.54) is 24.4 Å². The minimum Gasteiger partial charge on any atom is -0.360 e. The Bertz CT molecular complexity index is 1020. The number of H-pyrrole nitrogens is 1. The van der Waals surface area contributed by atoms with E-state index in [4.69, 9.17) is 4.52 Å². The van der Waals surface area contributed by atoms with Gasteiger partial charge in [-0.3, -0.25) is 9.59 Å². The molecule has 1 aromatic carbocycles. The second-order valence-electron chi connectivity index (χ2n) is 6.76. The van der Waals surface area contributed by atoms with Gasteiger partial charge in [0.2, 0.25) is 0 Å². The highest BCUT2D eigenvalue weighted by Crippen LogP contribution is 2.29. The number of aromatic nitrogens is 2. The first kappa shape index (κ1) is 17.2. The summed E-state index contributed by atoms with van der Waals surface area (Å²) < 4.78 is 18.7. The van der Waals surface area contributed by atoms with E-state index in [9.17, 15) is 14.0 Å². The number of nitrogens with one attached hydrogen (secondary N) is 2. The van der Waals surface area contributed by atoms with Crippen LogP contribution in [-0.2, 0) is 0 Å². The first-order valence-electron chi connectivity index (χ1n) is 8.76. The van der Waals surface area contributed by atoms with Gasteiger partial charge in [-0.25, -0.2) is 4.39 Å². The van der Waals surface area contributed by atoms with E-state index < -0.39 is 5.82 Å². The topological polar surface area (TPSA) is 88.0 Å². The number of nitrogens with zero attached hydrogens (tertiary/aromatic N) is 1. The third-order valence-corrected chi connectivity index (χ3v) is 4.63. The van der Waals surface area contributed by atoms with Gasteiger partial charge in [0.15, 0.2) is 5.78 Å². The molecule has 27 heavy (non-hydrogen) atoms. The first-order valence-corrected chi connectivity index (χ1v) is 8.76. The molecule has 6 nitrogen and oxygen atoms in total. The molecule has 2 N–H and O–H groups in total. The largest absolute Gasteiger partial charge is 0.360 e. The van der Waals surface area contributed by atoms with E-state index in [0.717, 1.165) is 12.8 Å². The van der Waals surface area contributed by atoms with E-state index >= 15 is 0 Å². The van der Waals surface area contributed by atoms with Crippen molar-refractivity contribution in [3.05, 3.63) is 64.9 Å². The third-order valence-electron chi connectivity index (χ3n) is 4.63. The average molecular weight is 367 g/mol. The molecule has 2 aromatic heterocycles. The Morgan fingerprint density at radius 3 is 2.89 bits per heavy atom. The fraction of sp³-hybridized carbons (Fsp3) is 0.250. The Balaban J connectivity index is 1.60. The number of aryl methyl sites for hydroxylation is 1. The number of hydrogen-bond donors (Lipinski definition) is 2. The zero-order valence-electron chi connectivity index (χ0n) is 14.7. The standard InChI is InChI=1S/C20H18FN3O3/c1-11-17(18(24-27-11)13-3-2-4-15(21)7-13)19(25)14-8-16(22-10-14)20(26)23-9-12-5-6-12/h2-4,7-8,10,12,22H,5-6,9H2,1H3,(H,23,26). The van der Waals surface area contributed by atoms with Gasteiger partial charge in [-0.2, -0.15) is 0 Å². The summed E-state index contributed by atoms with van der Waals surface area (Å²) in [5.41, 5.74) is 1.62. The molecule has 7 heteroatoms. The maximum Gasteiger partial charge on any atom is 0.267 e. The molecule has 3 aromatic rings. The third kappa shape index (κ3) is 3.53. The molecule has 138 valence electrons. The Morgan fingerprint density at radius 2 is 2.15 bits per heavy atom. The van der Waals surface area contributed by atoms with Crippen molar-refractivity contribution in [1.29, 1.82) is 0 Å². The van der Waals surface area contributed by atoms with Crippen LogP contribution in [0.1, 0.15) is 45.0 Å². The van der Waals surface area contributed by atoms with Gasteiger partial charge < -0.3 is 14.8 Å². The van der Waals surface area contributed by atoms with Crippen molar-refractivity contribution in [2.75, 3.05) is 6.54 Å². The average Bonchev–Trinajstić information content (AvgIpc) is 3.20. The van der Waals surface area contributed by atoms with Gasteiger partial charge in [-0.15, -0.1) is 0 Å². The van der Waals surface area contributed by atoms with Gasteiger partial charge in [-0.05, 0) is 43.9 Å². The molecule has 1 saturated carbocycles. The van der Waals surface area contributed by atoms with Crippen LogP contribution in [0.25, 0.3) is 11.3 Å². The number of halogens is 1. The van der Waals surface area contributed by atoms with Crippen LogP contribution in [0.2, 0.25) is 0 Å². The molecule has 0 spiro atoms. The second kappa shape index (κ2) is 6.83. The smallest absolute Gasteiger partial charge is 0.267 e. The molecule has 0 saturated heterocycles. The predicted molar refractivity (Wildman–Crippen MR) is 95.9 cm³/mol. The summed E-state index contributed by atoms with van der Waals surface area (Å²) in [5, 5.41) is 6.77. The van der Waals surface area contributed by atoms with E-state index in [1.807, 2.05) is 0 Å². The van der Waals surface area contributed by atoms with Gasteiger partial charge in [0, 0.05) is 23.9 Å². The highest BCUT2D eigenvalue weighted by molar-refractivity contribution is 6.13. The lowest BCUT2D eigenvalue weighted by atomic mass is 9.99. The number of rotatable bonds is 6. The number of ketones is 1. The van der Waals surface area contributed by atoms with E-state index in [-0.39, 0.29) is 22.9 Å². The molecular weight excluding hydrogens is 349 g/mol. The summed E-state index contributed by atoms with van der Waals surface area (Å²) in [4.78, 5) is 28.0. The molecule has 0 aliphatic heterocycles. The quantitative estimate of drug-likeness (QED) is 0.653. The number of amides is 1. The molecule has 0 atom stereocenters. The molecule has 1 fully saturated rings. The summed E-state index contributed by atoms with van der Waals surface area (Å²) in [6.07, 6.45) is 3.77. The van der Waals surface area contributed by atoms with Crippen LogP contribution in [-0.4, -0.2) is 28.4 Å². The summed E-state index contributed by atoms with van der Waals surface area (Å²) in [7, 11) is 0. The zero-order chi connectivity index (χ0) is 19.0. The van der Waals surface area contributed by atoms with Crippen LogP contribution in [0, 0.1) is 18.7 Å². The number of hydrogen-bond acceptors (Lipinski definition) is 4. The SMILES string of the molecule is Cc1onc(-c2cccc(F)c2)c1C(=O)c1c[nH]c(C(=O)NCC2CC2)c1. The van der Waals surface area contributed by atoms with E-state index in [0.29, 0.717) is 35.0 Å². The van der Waals surface area contributed by atoms with Crippen molar-refractivity contribution in [2.24, 2.45) is 5.92 Å². The van der Waals surface area contributed by atoms with Crippen molar-refractivity contribution in [1.82, 2.24) is 15.5 Å². The lowest BCUT2D eigenvalue weighted by Crippen LogP contribution is -2.25. The second-order valence-corrected chi connectivity index (χ2v) is 6.76. The van der Waals surface area contributed by atoms with Crippen molar-refractivity contribution >= 4 is 11.7 Å².